The maximum absolute atomic E-state index is 12.1. The van der Waals surface area contributed by atoms with Crippen molar-refractivity contribution in [1.29, 1.82) is 0 Å². The highest BCUT2D eigenvalue weighted by molar-refractivity contribution is 5.92. The third-order valence-corrected chi connectivity index (χ3v) is 4.08. The number of H-pyrrole nitrogens is 1. The first-order valence-corrected chi connectivity index (χ1v) is 7.90. The molecule has 2 N–H and O–H groups in total. The Labute approximate surface area is 135 Å². The van der Waals surface area contributed by atoms with Crippen LogP contribution in [0.3, 0.4) is 0 Å². The Bertz CT molecular complexity index is 845. The number of hydrogen-bond donors (Lipinski definition) is 2. The summed E-state index contributed by atoms with van der Waals surface area (Å²) >= 11 is 0. The first kappa shape index (κ1) is 15.3. The maximum atomic E-state index is 12.1. The summed E-state index contributed by atoms with van der Waals surface area (Å²) in [6.07, 6.45) is 1.51. The van der Waals surface area contributed by atoms with Gasteiger partial charge in [-0.25, -0.2) is 0 Å². The van der Waals surface area contributed by atoms with Crippen LogP contribution >= 0.6 is 0 Å². The number of amides is 1. The third-order valence-electron chi connectivity index (χ3n) is 4.08. The zero-order valence-corrected chi connectivity index (χ0v) is 13.7. The molecule has 0 saturated carbocycles. The third kappa shape index (κ3) is 3.13. The summed E-state index contributed by atoms with van der Waals surface area (Å²) in [6.45, 7) is 6.68. The Balaban J connectivity index is 1.68. The largest absolute Gasteiger partial charge is 0.361 e. The Hall–Kier alpha value is -2.56. The molecule has 1 aromatic carbocycles. The summed E-state index contributed by atoms with van der Waals surface area (Å²) in [5, 5.41) is 7.92. The quantitative estimate of drug-likeness (QED) is 0.759. The summed E-state index contributed by atoms with van der Waals surface area (Å²) in [5.74, 6) is 0.528. The van der Waals surface area contributed by atoms with Gasteiger partial charge < -0.3 is 14.8 Å². The van der Waals surface area contributed by atoms with E-state index < -0.39 is 0 Å². The molecule has 3 rings (SSSR count). The molecular formula is C18H21N3O2. The van der Waals surface area contributed by atoms with Crippen LogP contribution in [0.25, 0.3) is 10.9 Å². The molecule has 5 heteroatoms. The number of hydrogen-bond acceptors (Lipinski definition) is 3. The zero-order chi connectivity index (χ0) is 16.4. The lowest BCUT2D eigenvalue weighted by atomic mass is 10.1. The van der Waals surface area contributed by atoms with E-state index in [2.05, 4.69) is 47.5 Å². The van der Waals surface area contributed by atoms with Gasteiger partial charge in [0, 0.05) is 35.6 Å². The molecule has 0 radical (unpaired) electrons. The van der Waals surface area contributed by atoms with Crippen LogP contribution in [0.2, 0.25) is 0 Å². The van der Waals surface area contributed by atoms with Crippen molar-refractivity contribution in [2.24, 2.45) is 0 Å². The molecule has 3 aromatic rings. The van der Waals surface area contributed by atoms with Gasteiger partial charge in [-0.1, -0.05) is 23.7 Å². The number of fused-ring (bicyclic) bond motifs is 1. The van der Waals surface area contributed by atoms with Gasteiger partial charge in [-0.2, -0.15) is 0 Å². The Morgan fingerprint density at radius 2 is 2.13 bits per heavy atom. The van der Waals surface area contributed by atoms with Crippen molar-refractivity contribution in [1.82, 2.24) is 15.5 Å². The first-order valence-electron chi connectivity index (χ1n) is 7.90. The van der Waals surface area contributed by atoms with Crippen molar-refractivity contribution in [3.63, 3.8) is 0 Å². The van der Waals surface area contributed by atoms with E-state index in [1.807, 2.05) is 6.92 Å². The predicted octanol–water partition coefficient (Wildman–Crippen LogP) is 3.31. The molecule has 0 fully saturated rings. The summed E-state index contributed by atoms with van der Waals surface area (Å²) in [7, 11) is 0. The van der Waals surface area contributed by atoms with Crippen LogP contribution in [0.5, 0.6) is 0 Å². The second-order valence-electron chi connectivity index (χ2n) is 5.82. The van der Waals surface area contributed by atoms with Crippen LogP contribution in [-0.4, -0.2) is 22.6 Å². The molecule has 1 amide bonds. The molecule has 2 aromatic heterocycles. The fourth-order valence-corrected chi connectivity index (χ4v) is 2.80. The number of rotatable bonds is 5. The van der Waals surface area contributed by atoms with E-state index in [9.17, 15) is 4.79 Å². The number of carbonyl (C=O) groups is 1. The lowest BCUT2D eigenvalue weighted by Gasteiger charge is -2.04. The van der Waals surface area contributed by atoms with Crippen molar-refractivity contribution >= 4 is 16.8 Å². The highest BCUT2D eigenvalue weighted by atomic mass is 16.5. The SMILES string of the molecule is CCc1cc(C(=O)NCCc2c(C)[nH]c3ccc(C)cc23)no1. The van der Waals surface area contributed by atoms with Crippen molar-refractivity contribution in [3.05, 3.63) is 52.5 Å². The molecule has 5 nitrogen and oxygen atoms in total. The molecule has 0 bridgehead atoms. The number of nitrogens with one attached hydrogen (secondary N) is 2. The van der Waals surface area contributed by atoms with E-state index >= 15 is 0 Å². The summed E-state index contributed by atoms with van der Waals surface area (Å²) < 4.78 is 5.06. The molecule has 0 unspecified atom stereocenters. The van der Waals surface area contributed by atoms with E-state index in [1.165, 1.54) is 16.5 Å². The standard InChI is InChI=1S/C18H21N3O2/c1-4-13-10-17(21-23-13)18(22)19-8-7-14-12(3)20-16-6-5-11(2)9-15(14)16/h5-6,9-10,20H,4,7-8H2,1-3H3,(H,19,22). The van der Waals surface area contributed by atoms with Gasteiger partial charge in [0.25, 0.3) is 5.91 Å². The monoisotopic (exact) mass is 311 g/mol. The smallest absolute Gasteiger partial charge is 0.273 e. The van der Waals surface area contributed by atoms with E-state index in [0.29, 0.717) is 12.2 Å². The zero-order valence-electron chi connectivity index (χ0n) is 13.7. The minimum absolute atomic E-state index is 0.192. The van der Waals surface area contributed by atoms with Gasteiger partial charge >= 0.3 is 0 Å². The molecule has 0 atom stereocenters. The molecule has 0 aliphatic carbocycles. The maximum Gasteiger partial charge on any atom is 0.273 e. The van der Waals surface area contributed by atoms with Crippen LogP contribution in [0.4, 0.5) is 0 Å². The van der Waals surface area contributed by atoms with Gasteiger partial charge in [0.15, 0.2) is 5.69 Å². The number of nitrogens with zero attached hydrogens (tertiary/aromatic N) is 1. The second-order valence-corrected chi connectivity index (χ2v) is 5.82. The van der Waals surface area contributed by atoms with E-state index in [4.69, 9.17) is 4.52 Å². The van der Waals surface area contributed by atoms with Crippen LogP contribution in [-0.2, 0) is 12.8 Å². The van der Waals surface area contributed by atoms with E-state index in [0.717, 1.165) is 29.8 Å². The fraction of sp³-hybridized carbons (Fsp3) is 0.333. The van der Waals surface area contributed by atoms with Gasteiger partial charge in [-0.15, -0.1) is 0 Å². The van der Waals surface area contributed by atoms with Gasteiger partial charge in [-0.3, -0.25) is 4.79 Å². The molecule has 0 aliphatic heterocycles. The molecular weight excluding hydrogens is 290 g/mol. The molecule has 2 heterocycles. The second kappa shape index (κ2) is 6.28. The highest BCUT2D eigenvalue weighted by Gasteiger charge is 2.13. The van der Waals surface area contributed by atoms with Gasteiger partial charge in [-0.05, 0) is 38.0 Å². The number of aromatic nitrogens is 2. The topological polar surface area (TPSA) is 70.9 Å². The Morgan fingerprint density at radius 1 is 1.30 bits per heavy atom. The minimum atomic E-state index is -0.192. The van der Waals surface area contributed by atoms with Crippen LogP contribution in [0.15, 0.2) is 28.8 Å². The van der Waals surface area contributed by atoms with Crippen LogP contribution in [0.1, 0.15) is 40.0 Å². The average Bonchev–Trinajstić information content (AvgIpc) is 3.12. The molecule has 0 spiro atoms. The van der Waals surface area contributed by atoms with Gasteiger partial charge in [0.05, 0.1) is 0 Å². The highest BCUT2D eigenvalue weighted by Crippen LogP contribution is 2.23. The molecule has 23 heavy (non-hydrogen) atoms. The Kier molecular flexibility index (Phi) is 4.19. The molecule has 0 aliphatic rings. The van der Waals surface area contributed by atoms with Crippen molar-refractivity contribution < 1.29 is 9.32 Å². The minimum Gasteiger partial charge on any atom is -0.361 e. The van der Waals surface area contributed by atoms with Crippen molar-refractivity contribution in [2.45, 2.75) is 33.6 Å². The predicted molar refractivity (Wildman–Crippen MR) is 89.7 cm³/mol. The summed E-state index contributed by atoms with van der Waals surface area (Å²) in [4.78, 5) is 15.5. The van der Waals surface area contributed by atoms with E-state index in [1.54, 1.807) is 6.07 Å². The van der Waals surface area contributed by atoms with Crippen molar-refractivity contribution in [2.75, 3.05) is 6.54 Å². The number of aryl methyl sites for hydroxylation is 3. The van der Waals surface area contributed by atoms with Crippen LogP contribution < -0.4 is 5.32 Å². The first-order chi connectivity index (χ1) is 11.1. The average molecular weight is 311 g/mol. The number of aromatic amines is 1. The number of carbonyl (C=O) groups excluding carboxylic acids is 1. The molecule has 0 saturated heterocycles. The summed E-state index contributed by atoms with van der Waals surface area (Å²) in [6, 6.07) is 8.07. The fourth-order valence-electron chi connectivity index (χ4n) is 2.80. The lowest BCUT2D eigenvalue weighted by molar-refractivity contribution is 0.0945. The molecule has 120 valence electrons. The van der Waals surface area contributed by atoms with Crippen molar-refractivity contribution in [3.8, 4) is 0 Å². The normalized spacial score (nSPS) is 11.1. The lowest BCUT2D eigenvalue weighted by Crippen LogP contribution is -2.26. The van der Waals surface area contributed by atoms with E-state index in [-0.39, 0.29) is 5.91 Å². The number of benzene rings is 1. The van der Waals surface area contributed by atoms with Gasteiger partial charge in [0.1, 0.15) is 5.76 Å². The van der Waals surface area contributed by atoms with Crippen LogP contribution in [0, 0.1) is 13.8 Å². The Morgan fingerprint density at radius 3 is 2.87 bits per heavy atom. The van der Waals surface area contributed by atoms with Gasteiger partial charge in [0.2, 0.25) is 0 Å². The summed E-state index contributed by atoms with van der Waals surface area (Å²) in [5.41, 5.74) is 5.11.